The van der Waals surface area contributed by atoms with Crippen LogP contribution in [0, 0.1) is 5.92 Å². The first kappa shape index (κ1) is 19.5. The maximum atomic E-state index is 12.0. The Morgan fingerprint density at radius 2 is 1.83 bits per heavy atom. The number of hydrogen-bond donors (Lipinski definition) is 2. The third kappa shape index (κ3) is 7.13. The third-order valence-electron chi connectivity index (χ3n) is 3.04. The van der Waals surface area contributed by atoms with Crippen molar-refractivity contribution in [2.45, 2.75) is 20.3 Å². The lowest BCUT2D eigenvalue weighted by Crippen LogP contribution is -2.32. The molecule has 0 spiro atoms. The van der Waals surface area contributed by atoms with Crippen molar-refractivity contribution in [1.29, 1.82) is 0 Å². The van der Waals surface area contributed by atoms with Crippen LogP contribution in [0.25, 0.3) is 0 Å². The van der Waals surface area contributed by atoms with Gasteiger partial charge in [0.05, 0.1) is 19.1 Å². The Hall–Kier alpha value is -2.57. The van der Waals surface area contributed by atoms with Gasteiger partial charge in [-0.25, -0.2) is 0 Å². The lowest BCUT2D eigenvalue weighted by atomic mass is 10.2. The Kier molecular flexibility index (Phi) is 8.32. The number of carbonyl (C=O) groups excluding carboxylic acids is 3. The van der Waals surface area contributed by atoms with Crippen LogP contribution in [0.4, 0.5) is 0 Å². The van der Waals surface area contributed by atoms with Crippen LogP contribution in [-0.4, -0.2) is 44.6 Å². The molecule has 0 heterocycles. The first-order valence-corrected chi connectivity index (χ1v) is 7.77. The number of amides is 2. The number of para-hydroxylation sites is 1. The number of ether oxygens (including phenoxy) is 2. The number of hydrogen-bond acceptors (Lipinski definition) is 5. The Bertz CT molecular complexity index is 572. The van der Waals surface area contributed by atoms with Crippen molar-refractivity contribution < 1.29 is 23.9 Å². The highest BCUT2D eigenvalue weighted by molar-refractivity contribution is 5.97. The number of carbonyl (C=O) groups is 3. The summed E-state index contributed by atoms with van der Waals surface area (Å²) in [5.74, 6) is -0.436. The third-order valence-corrected chi connectivity index (χ3v) is 3.04. The molecule has 1 aromatic carbocycles. The summed E-state index contributed by atoms with van der Waals surface area (Å²) in [6, 6.07) is 6.79. The lowest BCUT2D eigenvalue weighted by molar-refractivity contribution is -0.148. The molecule has 0 atom stereocenters. The van der Waals surface area contributed by atoms with Gasteiger partial charge in [0.15, 0.2) is 6.61 Å². The van der Waals surface area contributed by atoms with E-state index in [4.69, 9.17) is 9.47 Å². The highest BCUT2D eigenvalue weighted by Gasteiger charge is 2.12. The van der Waals surface area contributed by atoms with Crippen LogP contribution in [0.15, 0.2) is 24.3 Å². The van der Waals surface area contributed by atoms with Crippen molar-refractivity contribution >= 4 is 17.8 Å². The second kappa shape index (κ2) is 10.3. The van der Waals surface area contributed by atoms with Crippen molar-refractivity contribution in [3.05, 3.63) is 29.8 Å². The number of rotatable bonds is 9. The monoisotopic (exact) mass is 336 g/mol. The van der Waals surface area contributed by atoms with Gasteiger partial charge in [-0.1, -0.05) is 26.0 Å². The second-order valence-corrected chi connectivity index (χ2v) is 5.56. The molecule has 0 unspecified atom stereocenters. The van der Waals surface area contributed by atoms with Gasteiger partial charge in [-0.15, -0.1) is 0 Å². The minimum absolute atomic E-state index is 0.0155. The molecule has 0 aliphatic heterocycles. The first-order valence-electron chi connectivity index (χ1n) is 7.77. The van der Waals surface area contributed by atoms with Crippen LogP contribution >= 0.6 is 0 Å². The first-order chi connectivity index (χ1) is 11.4. The highest BCUT2D eigenvalue weighted by Crippen LogP contribution is 2.16. The molecular weight excluding hydrogens is 312 g/mol. The molecule has 7 nitrogen and oxygen atoms in total. The summed E-state index contributed by atoms with van der Waals surface area (Å²) in [5.41, 5.74) is 0.390. The van der Waals surface area contributed by atoms with Crippen LogP contribution in [0.2, 0.25) is 0 Å². The van der Waals surface area contributed by atoms with Gasteiger partial charge in [0, 0.05) is 13.1 Å². The largest absolute Gasteiger partial charge is 0.496 e. The topological polar surface area (TPSA) is 93.7 Å². The van der Waals surface area contributed by atoms with Gasteiger partial charge < -0.3 is 20.1 Å². The van der Waals surface area contributed by atoms with Gasteiger partial charge in [0.1, 0.15) is 5.75 Å². The van der Waals surface area contributed by atoms with Crippen LogP contribution in [0.5, 0.6) is 5.75 Å². The molecule has 7 heteroatoms. The molecule has 0 bridgehead atoms. The smallest absolute Gasteiger partial charge is 0.308 e. The van der Waals surface area contributed by atoms with Crippen molar-refractivity contribution in [2.75, 3.05) is 26.8 Å². The Morgan fingerprint density at radius 3 is 2.50 bits per heavy atom. The van der Waals surface area contributed by atoms with E-state index in [1.54, 1.807) is 24.3 Å². The summed E-state index contributed by atoms with van der Waals surface area (Å²) in [7, 11) is 1.48. The molecule has 24 heavy (non-hydrogen) atoms. The zero-order valence-corrected chi connectivity index (χ0v) is 14.3. The average molecular weight is 336 g/mol. The van der Waals surface area contributed by atoms with E-state index >= 15 is 0 Å². The zero-order valence-electron chi connectivity index (χ0n) is 14.3. The highest BCUT2D eigenvalue weighted by atomic mass is 16.5. The number of methoxy groups -OCH3 is 1. The van der Waals surface area contributed by atoms with Crippen LogP contribution < -0.4 is 15.4 Å². The predicted octanol–water partition coefficient (Wildman–Crippen LogP) is 1.13. The van der Waals surface area contributed by atoms with Gasteiger partial charge in [0.2, 0.25) is 0 Å². The fourth-order valence-corrected chi connectivity index (χ4v) is 1.79. The van der Waals surface area contributed by atoms with E-state index in [0.717, 1.165) is 0 Å². The zero-order chi connectivity index (χ0) is 17.9. The number of esters is 1. The van der Waals surface area contributed by atoms with E-state index in [0.29, 0.717) is 23.8 Å². The maximum absolute atomic E-state index is 12.0. The van der Waals surface area contributed by atoms with Crippen molar-refractivity contribution in [3.8, 4) is 5.75 Å². The van der Waals surface area contributed by atoms with Crippen LogP contribution in [0.1, 0.15) is 30.6 Å². The summed E-state index contributed by atoms with van der Waals surface area (Å²) in [5, 5.41) is 5.26. The molecule has 0 aliphatic carbocycles. The summed E-state index contributed by atoms with van der Waals surface area (Å²) in [6.45, 7) is 4.27. The molecule has 2 amide bonds. The molecule has 0 saturated carbocycles. The SMILES string of the molecule is COc1ccccc1C(=O)NCCC(=O)OCC(=O)NCC(C)C. The summed E-state index contributed by atoms with van der Waals surface area (Å²) in [6.07, 6.45) is -0.0155. The van der Waals surface area contributed by atoms with Gasteiger partial charge in [-0.05, 0) is 18.1 Å². The minimum Gasteiger partial charge on any atom is -0.496 e. The Morgan fingerprint density at radius 1 is 1.12 bits per heavy atom. The normalized spacial score (nSPS) is 10.2. The Balaban J connectivity index is 2.28. The van der Waals surface area contributed by atoms with Crippen molar-refractivity contribution in [3.63, 3.8) is 0 Å². The maximum Gasteiger partial charge on any atom is 0.308 e. The number of nitrogens with one attached hydrogen (secondary N) is 2. The molecule has 2 N–H and O–H groups in total. The molecule has 132 valence electrons. The average Bonchev–Trinajstić information content (AvgIpc) is 2.57. The fraction of sp³-hybridized carbons (Fsp3) is 0.471. The molecule has 0 aromatic heterocycles. The quantitative estimate of drug-likeness (QED) is 0.659. The van der Waals surface area contributed by atoms with Crippen molar-refractivity contribution in [2.24, 2.45) is 5.92 Å². The second-order valence-electron chi connectivity index (χ2n) is 5.56. The Labute approximate surface area is 141 Å². The molecule has 0 aliphatic rings. The molecular formula is C17H24N2O5. The van der Waals surface area contributed by atoms with E-state index < -0.39 is 5.97 Å². The molecule has 0 saturated heterocycles. The fourth-order valence-electron chi connectivity index (χ4n) is 1.79. The van der Waals surface area contributed by atoms with E-state index in [-0.39, 0.29) is 31.4 Å². The summed E-state index contributed by atoms with van der Waals surface area (Å²) < 4.78 is 9.94. The van der Waals surface area contributed by atoms with E-state index in [1.807, 2.05) is 13.8 Å². The van der Waals surface area contributed by atoms with Gasteiger partial charge in [-0.3, -0.25) is 14.4 Å². The standard InChI is InChI=1S/C17H24N2O5/c1-12(2)10-19-15(20)11-24-16(21)8-9-18-17(22)13-6-4-5-7-14(13)23-3/h4-7,12H,8-11H2,1-3H3,(H,18,22)(H,19,20). The molecule has 1 aromatic rings. The molecule has 0 radical (unpaired) electrons. The van der Waals surface area contributed by atoms with Crippen molar-refractivity contribution in [1.82, 2.24) is 10.6 Å². The van der Waals surface area contributed by atoms with Gasteiger partial charge in [0.25, 0.3) is 11.8 Å². The summed E-state index contributed by atoms with van der Waals surface area (Å²) in [4.78, 5) is 35.0. The van der Waals surface area contributed by atoms with E-state index in [9.17, 15) is 14.4 Å². The van der Waals surface area contributed by atoms with Crippen LogP contribution in [0.3, 0.4) is 0 Å². The predicted molar refractivity (Wildman–Crippen MR) is 88.8 cm³/mol. The van der Waals surface area contributed by atoms with Gasteiger partial charge in [-0.2, -0.15) is 0 Å². The van der Waals surface area contributed by atoms with E-state index in [2.05, 4.69) is 10.6 Å². The van der Waals surface area contributed by atoms with E-state index in [1.165, 1.54) is 7.11 Å². The number of benzene rings is 1. The molecule has 1 rings (SSSR count). The minimum atomic E-state index is -0.546. The van der Waals surface area contributed by atoms with Gasteiger partial charge >= 0.3 is 5.97 Å². The van der Waals surface area contributed by atoms with Crippen LogP contribution in [-0.2, 0) is 14.3 Å². The lowest BCUT2D eigenvalue weighted by Gasteiger charge is -2.10. The molecule has 0 fully saturated rings. The summed E-state index contributed by atoms with van der Waals surface area (Å²) >= 11 is 0.